The first-order chi connectivity index (χ1) is 12.4. The third-order valence-electron chi connectivity index (χ3n) is 5.18. The number of aliphatic carboxylic acids is 2. The molecule has 0 radical (unpaired) electrons. The maximum Gasteiger partial charge on any atom is 1.00 e. The van der Waals surface area contributed by atoms with Gasteiger partial charge in [0.2, 0.25) is 5.91 Å². The van der Waals surface area contributed by atoms with E-state index < -0.39 is 24.0 Å². The monoisotopic (exact) mass is 449 g/mol. The SMILES string of the molecule is O.O.O=C([O-])CCNC(=O)C1CCC(N=NC2CCC(O)C(C(=O)[O-])C2)CC1.[Na+].[Na+]. The van der Waals surface area contributed by atoms with E-state index in [0.29, 0.717) is 38.5 Å². The summed E-state index contributed by atoms with van der Waals surface area (Å²) in [5, 5.41) is 42.2. The van der Waals surface area contributed by atoms with Crippen molar-refractivity contribution in [2.75, 3.05) is 6.54 Å². The van der Waals surface area contributed by atoms with Gasteiger partial charge in [-0.05, 0) is 44.9 Å². The van der Waals surface area contributed by atoms with E-state index in [0.717, 1.165) is 0 Å². The molecule has 30 heavy (non-hydrogen) atoms. The molecule has 1 amide bonds. The Hall–Kier alpha value is -0.110. The van der Waals surface area contributed by atoms with E-state index in [9.17, 15) is 29.7 Å². The van der Waals surface area contributed by atoms with Crippen molar-refractivity contribution in [3.8, 4) is 0 Å². The Balaban J connectivity index is -0.00000182. The number of nitrogens with zero attached hydrogens (tertiary/aromatic N) is 2. The Kier molecular flexibility index (Phi) is 20.1. The Morgan fingerprint density at radius 2 is 1.43 bits per heavy atom. The molecular weight excluding hydrogens is 420 g/mol. The van der Waals surface area contributed by atoms with Crippen LogP contribution in [-0.2, 0) is 14.4 Å². The third kappa shape index (κ3) is 11.5. The van der Waals surface area contributed by atoms with Gasteiger partial charge >= 0.3 is 59.1 Å². The number of aliphatic hydroxyl groups is 1. The number of carbonyl (C=O) groups excluding carboxylic acids is 3. The average molecular weight is 449 g/mol. The normalized spacial score (nSPS) is 28.0. The van der Waals surface area contributed by atoms with Crippen LogP contribution in [0.5, 0.6) is 0 Å². The van der Waals surface area contributed by atoms with Gasteiger partial charge in [0.25, 0.3) is 0 Å². The number of carboxylic acids is 2. The van der Waals surface area contributed by atoms with Gasteiger partial charge in [0.1, 0.15) is 0 Å². The van der Waals surface area contributed by atoms with Crippen LogP contribution in [0.4, 0.5) is 0 Å². The topological polar surface area (TPSA) is 217 Å². The Morgan fingerprint density at radius 3 is 1.97 bits per heavy atom. The molecule has 0 aromatic carbocycles. The average Bonchev–Trinajstić information content (AvgIpc) is 2.60. The van der Waals surface area contributed by atoms with Crippen LogP contribution in [0.3, 0.4) is 0 Å². The van der Waals surface area contributed by atoms with Crippen LogP contribution in [0.2, 0.25) is 0 Å². The molecule has 0 bridgehead atoms. The largest absolute Gasteiger partial charge is 1.00 e. The zero-order valence-electron chi connectivity index (χ0n) is 17.6. The van der Waals surface area contributed by atoms with Crippen molar-refractivity contribution in [1.82, 2.24) is 5.32 Å². The van der Waals surface area contributed by atoms with Crippen molar-refractivity contribution in [3.63, 3.8) is 0 Å². The van der Waals surface area contributed by atoms with Crippen LogP contribution in [0.25, 0.3) is 0 Å². The first kappa shape index (κ1) is 34.5. The molecule has 2 rings (SSSR count). The minimum absolute atomic E-state index is 0. The van der Waals surface area contributed by atoms with Crippen molar-refractivity contribution in [1.29, 1.82) is 0 Å². The zero-order valence-corrected chi connectivity index (χ0v) is 21.6. The second-order valence-corrected chi connectivity index (χ2v) is 7.11. The van der Waals surface area contributed by atoms with Crippen molar-refractivity contribution >= 4 is 17.8 Å². The molecule has 162 valence electrons. The van der Waals surface area contributed by atoms with Gasteiger partial charge in [0.15, 0.2) is 0 Å². The number of azo groups is 1. The van der Waals surface area contributed by atoms with E-state index in [1.807, 2.05) is 0 Å². The molecule has 0 aromatic rings. The number of amides is 1. The van der Waals surface area contributed by atoms with Gasteiger partial charge in [-0.1, -0.05) is 0 Å². The fourth-order valence-corrected chi connectivity index (χ4v) is 3.56. The number of rotatable bonds is 7. The summed E-state index contributed by atoms with van der Waals surface area (Å²) in [6, 6.07) is -0.206. The van der Waals surface area contributed by atoms with E-state index in [4.69, 9.17) is 0 Å². The summed E-state index contributed by atoms with van der Waals surface area (Å²) in [7, 11) is 0. The Bertz CT molecular complexity index is 559. The van der Waals surface area contributed by atoms with E-state index in [2.05, 4.69) is 15.5 Å². The molecule has 3 atom stereocenters. The van der Waals surface area contributed by atoms with Crippen LogP contribution in [0.15, 0.2) is 10.2 Å². The quantitative estimate of drug-likeness (QED) is 0.284. The van der Waals surface area contributed by atoms with Crippen LogP contribution >= 0.6 is 0 Å². The molecular formula is C17H29N3Na2O8. The van der Waals surface area contributed by atoms with Gasteiger partial charge < -0.3 is 41.2 Å². The number of hydrogen-bond acceptors (Lipinski definition) is 8. The minimum Gasteiger partial charge on any atom is -0.550 e. The van der Waals surface area contributed by atoms with Crippen molar-refractivity contribution in [3.05, 3.63) is 0 Å². The van der Waals surface area contributed by atoms with Crippen LogP contribution < -0.4 is 74.6 Å². The molecule has 2 aliphatic carbocycles. The maximum atomic E-state index is 12.0. The standard InChI is InChI=1S/C17H27N3O6.2Na.2H2O/c21-14-6-5-12(9-13(14)17(25)26)20-19-11-3-1-10(2-4-11)16(24)18-8-7-15(22)23;;;;/h10-14,21H,1-9H2,(H,18,24)(H,22,23)(H,25,26);;;2*1H2/q;2*+1;;/p-2. The zero-order chi connectivity index (χ0) is 19.1. The maximum absolute atomic E-state index is 12.0. The second-order valence-electron chi connectivity index (χ2n) is 7.11. The van der Waals surface area contributed by atoms with Crippen LogP contribution in [-0.4, -0.2) is 58.6 Å². The van der Waals surface area contributed by atoms with Gasteiger partial charge in [-0.2, -0.15) is 10.2 Å². The van der Waals surface area contributed by atoms with Gasteiger partial charge in [-0.3, -0.25) is 4.79 Å². The predicted molar refractivity (Wildman–Crippen MR) is 92.6 cm³/mol. The molecule has 0 saturated heterocycles. The molecule has 0 spiro atoms. The molecule has 0 aromatic heterocycles. The summed E-state index contributed by atoms with van der Waals surface area (Å²) >= 11 is 0. The van der Waals surface area contributed by atoms with E-state index in [1.54, 1.807) is 0 Å². The summed E-state index contributed by atoms with van der Waals surface area (Å²) in [5.74, 6) is -3.61. The molecule has 6 N–H and O–H groups in total. The fraction of sp³-hybridized carbons (Fsp3) is 0.824. The molecule has 2 fully saturated rings. The summed E-state index contributed by atoms with van der Waals surface area (Å²) in [4.78, 5) is 33.3. The molecule has 0 aliphatic heterocycles. The van der Waals surface area contributed by atoms with Crippen molar-refractivity contribution in [2.24, 2.45) is 22.1 Å². The number of carbonyl (C=O) groups is 3. The molecule has 11 nitrogen and oxygen atoms in total. The van der Waals surface area contributed by atoms with E-state index in [1.165, 1.54) is 0 Å². The number of hydrogen-bond donors (Lipinski definition) is 2. The minimum atomic E-state index is -1.25. The van der Waals surface area contributed by atoms with Crippen LogP contribution in [0.1, 0.15) is 51.4 Å². The van der Waals surface area contributed by atoms with Crippen molar-refractivity contribution in [2.45, 2.75) is 69.6 Å². The Morgan fingerprint density at radius 1 is 0.900 bits per heavy atom. The molecule has 0 heterocycles. The van der Waals surface area contributed by atoms with Gasteiger partial charge in [-0.25, -0.2) is 0 Å². The smallest absolute Gasteiger partial charge is 0.550 e. The molecule has 2 aliphatic rings. The molecule has 3 unspecified atom stereocenters. The summed E-state index contributed by atoms with van der Waals surface area (Å²) < 4.78 is 0. The molecule has 2 saturated carbocycles. The number of carboxylic acid groups (broad SMARTS) is 2. The summed E-state index contributed by atoms with van der Waals surface area (Å²) in [6.45, 7) is 0.0773. The van der Waals surface area contributed by atoms with Crippen molar-refractivity contribution < 1.29 is 99.8 Å². The van der Waals surface area contributed by atoms with E-state index >= 15 is 0 Å². The second kappa shape index (κ2) is 17.4. The summed E-state index contributed by atoms with van der Waals surface area (Å²) in [6.07, 6.45) is 2.88. The van der Waals surface area contributed by atoms with Crippen LogP contribution in [0, 0.1) is 11.8 Å². The number of aliphatic hydroxyl groups excluding tert-OH is 1. The first-order valence-electron chi connectivity index (χ1n) is 9.13. The number of nitrogens with one attached hydrogen (secondary N) is 1. The molecule has 13 heteroatoms. The first-order valence-corrected chi connectivity index (χ1v) is 9.13. The fourth-order valence-electron chi connectivity index (χ4n) is 3.56. The predicted octanol–water partition coefficient (Wildman–Crippen LogP) is -9.11. The van der Waals surface area contributed by atoms with Gasteiger partial charge in [0, 0.05) is 36.7 Å². The van der Waals surface area contributed by atoms with Gasteiger partial charge in [0.05, 0.1) is 18.2 Å². The third-order valence-corrected chi connectivity index (χ3v) is 5.18. The van der Waals surface area contributed by atoms with E-state index in [-0.39, 0.29) is 113 Å². The van der Waals surface area contributed by atoms with Gasteiger partial charge in [-0.15, -0.1) is 0 Å². The Labute approximate surface area is 219 Å². The summed E-state index contributed by atoms with van der Waals surface area (Å²) in [5.41, 5.74) is 0.